The monoisotopic (exact) mass is 951 g/mol. The van der Waals surface area contributed by atoms with E-state index in [-0.39, 0.29) is 42.3 Å². The zero-order chi connectivity index (χ0) is 49.4. The first kappa shape index (κ1) is 53.6. The highest BCUT2D eigenvalue weighted by Crippen LogP contribution is 2.33. The molecule has 67 heavy (non-hydrogen) atoms. The molecular weight excluding hydrogens is 886 g/mol. The summed E-state index contributed by atoms with van der Waals surface area (Å²) >= 11 is 7.91. The van der Waals surface area contributed by atoms with Crippen molar-refractivity contribution < 1.29 is 28.7 Å². The van der Waals surface area contributed by atoms with Crippen molar-refractivity contribution in [2.45, 2.75) is 132 Å². The normalized spacial score (nSPS) is 15.3. The minimum Gasteiger partial charge on any atom is -0.494 e. The second-order valence-electron chi connectivity index (χ2n) is 16.5. The van der Waals surface area contributed by atoms with Gasteiger partial charge in [0.15, 0.2) is 0 Å². The number of hydrogen-bond acceptors (Lipinski definition) is 11. The molecule has 358 valence electrons. The highest BCUT2D eigenvalue weighted by Gasteiger charge is 2.45. The molecule has 15 heteroatoms. The Balaban J connectivity index is 0.00000113. The van der Waals surface area contributed by atoms with E-state index in [1.165, 1.54) is 4.88 Å². The van der Waals surface area contributed by atoms with Gasteiger partial charge in [-0.15, -0.1) is 11.3 Å². The number of rotatable bonds is 19. The first-order valence-corrected chi connectivity index (χ1v) is 24.3. The Kier molecular flexibility index (Phi) is 20.6. The van der Waals surface area contributed by atoms with Crippen LogP contribution in [0.5, 0.6) is 5.75 Å². The summed E-state index contributed by atoms with van der Waals surface area (Å²) in [5, 5.41) is 24.6. The topological polar surface area (TPSA) is 194 Å². The predicted molar refractivity (Wildman–Crippen MR) is 271 cm³/mol. The molecule has 1 aromatic heterocycles. The zero-order valence-corrected chi connectivity index (χ0v) is 41.9. The number of imide groups is 2. The van der Waals surface area contributed by atoms with E-state index < -0.39 is 35.7 Å². The first-order chi connectivity index (χ1) is 32.0. The lowest BCUT2D eigenvalue weighted by Gasteiger charge is -2.27. The van der Waals surface area contributed by atoms with Crippen LogP contribution in [0.3, 0.4) is 0 Å². The Morgan fingerprint density at radius 2 is 1.63 bits per heavy atom. The summed E-state index contributed by atoms with van der Waals surface area (Å²) in [6.45, 7) is 18.8. The molecule has 5 N–H and O–H groups in total. The molecule has 2 unspecified atom stereocenters. The van der Waals surface area contributed by atoms with Crippen LogP contribution < -0.4 is 20.7 Å². The van der Waals surface area contributed by atoms with Gasteiger partial charge in [-0.3, -0.25) is 39.2 Å². The van der Waals surface area contributed by atoms with E-state index in [9.17, 15) is 24.0 Å². The number of aliphatic imine (C=N–C) groups is 1. The third-order valence-corrected chi connectivity index (χ3v) is 12.7. The molecular formula is C52H66ClN7O6S. The number of benzene rings is 3. The molecule has 2 aliphatic rings. The summed E-state index contributed by atoms with van der Waals surface area (Å²) in [6.07, 6.45) is 4.71. The van der Waals surface area contributed by atoms with Crippen molar-refractivity contribution in [3.63, 3.8) is 0 Å². The molecule has 4 aromatic rings. The molecule has 0 saturated carbocycles. The lowest BCUT2D eigenvalue weighted by molar-refractivity contribution is -0.136. The summed E-state index contributed by atoms with van der Waals surface area (Å²) in [5.74, 6) is -1.61. The summed E-state index contributed by atoms with van der Waals surface area (Å²) in [7, 11) is 0. The van der Waals surface area contributed by atoms with Crippen molar-refractivity contribution >= 4 is 75.3 Å². The van der Waals surface area contributed by atoms with Crippen LogP contribution in [0.2, 0.25) is 5.02 Å². The Morgan fingerprint density at radius 3 is 2.21 bits per heavy atom. The minimum atomic E-state index is -1.01. The van der Waals surface area contributed by atoms with Crippen LogP contribution in [0.25, 0.3) is 0 Å². The summed E-state index contributed by atoms with van der Waals surface area (Å²) in [6, 6.07) is 18.2. The number of aryl methyl sites for hydroxylation is 2. The standard InChI is InChI=1S/C45H49ClN6O6S.C5H11N.C2H6/c1-25-28(4)59-29(5)40(25)42(31-12-16-32(46)17-13-31)50-36(26(2)47)24-39(54)49-27(3)30-14-18-33(19-15-30)58-23-8-6-7-22-48-35-11-9-10-34-41(35)45(57)52(44(34)56)37-20-21-38(53)51-43(37)55;1-3-4-5(2)6;1-2/h9-19,27,36-37,47-48H,6-8,20-24H2,1-5H3,(H,49,54)(H,51,53,55);6H,3-4H2,1-2H3;1-2H3/t27?,36-,37?;;/m0../s1. The van der Waals surface area contributed by atoms with Gasteiger partial charge in [-0.2, -0.15) is 0 Å². The van der Waals surface area contributed by atoms with Crippen LogP contribution >= 0.6 is 22.9 Å². The van der Waals surface area contributed by atoms with E-state index in [0.29, 0.717) is 35.3 Å². The average molecular weight is 953 g/mol. The molecule has 1 saturated heterocycles. The third kappa shape index (κ3) is 14.5. The van der Waals surface area contributed by atoms with Gasteiger partial charge in [0.25, 0.3) is 11.8 Å². The number of thiophene rings is 1. The number of carbonyl (C=O) groups excluding carboxylic acids is 5. The minimum absolute atomic E-state index is 0.0310. The van der Waals surface area contributed by atoms with Crippen molar-refractivity contribution in [1.82, 2.24) is 15.5 Å². The maximum Gasteiger partial charge on any atom is 0.264 e. The molecule has 0 bridgehead atoms. The number of anilines is 1. The third-order valence-electron chi connectivity index (χ3n) is 11.3. The largest absolute Gasteiger partial charge is 0.494 e. The van der Waals surface area contributed by atoms with Crippen molar-refractivity contribution in [2.75, 3.05) is 18.5 Å². The van der Waals surface area contributed by atoms with Gasteiger partial charge in [0.05, 0.1) is 41.9 Å². The fourth-order valence-corrected chi connectivity index (χ4v) is 8.94. The zero-order valence-electron chi connectivity index (χ0n) is 40.3. The second-order valence-corrected chi connectivity index (χ2v) is 18.4. The quantitative estimate of drug-likeness (QED) is 0.0350. The Hall–Kier alpha value is -5.99. The van der Waals surface area contributed by atoms with Crippen molar-refractivity contribution in [3.8, 4) is 5.75 Å². The number of nitrogens with one attached hydrogen (secondary N) is 5. The van der Waals surface area contributed by atoms with E-state index in [1.807, 2.05) is 76.2 Å². The van der Waals surface area contributed by atoms with E-state index in [0.717, 1.165) is 75.6 Å². The van der Waals surface area contributed by atoms with Gasteiger partial charge >= 0.3 is 0 Å². The molecule has 6 rings (SSSR count). The van der Waals surface area contributed by atoms with Crippen LogP contribution in [0.4, 0.5) is 5.69 Å². The number of ether oxygens (including phenoxy) is 1. The summed E-state index contributed by atoms with van der Waals surface area (Å²) < 4.78 is 5.98. The van der Waals surface area contributed by atoms with E-state index in [2.05, 4.69) is 43.6 Å². The van der Waals surface area contributed by atoms with Crippen LogP contribution in [0, 0.1) is 31.6 Å². The molecule has 3 atom stereocenters. The van der Waals surface area contributed by atoms with Gasteiger partial charge in [-0.1, -0.05) is 69.1 Å². The highest BCUT2D eigenvalue weighted by atomic mass is 35.5. The Bertz CT molecular complexity index is 2450. The maximum absolute atomic E-state index is 13.4. The molecule has 0 radical (unpaired) electrons. The van der Waals surface area contributed by atoms with Gasteiger partial charge in [0, 0.05) is 56.0 Å². The smallest absolute Gasteiger partial charge is 0.264 e. The molecule has 0 aliphatic carbocycles. The highest BCUT2D eigenvalue weighted by molar-refractivity contribution is 7.12. The van der Waals surface area contributed by atoms with E-state index >= 15 is 0 Å². The van der Waals surface area contributed by atoms with Crippen molar-refractivity contribution in [3.05, 3.63) is 115 Å². The fraction of sp³-hybridized carbons (Fsp3) is 0.423. The lowest BCUT2D eigenvalue weighted by atomic mass is 9.97. The van der Waals surface area contributed by atoms with Gasteiger partial charge in [0.2, 0.25) is 17.7 Å². The Labute approximate surface area is 404 Å². The number of halogens is 1. The van der Waals surface area contributed by atoms with Crippen LogP contribution in [0.1, 0.15) is 152 Å². The first-order valence-electron chi connectivity index (χ1n) is 23.1. The SMILES string of the molecule is CC.CC(=N)[C@H](CC(=O)NC(C)c1ccc(OCCCCCNc2cccc3c2C(=O)N(C2CCC(=O)NC2=O)C3=O)cc1)N=C(c1ccc(Cl)cc1)c1c(C)sc(C)c1C.CCCC(C)=N. The van der Waals surface area contributed by atoms with Gasteiger partial charge < -0.3 is 26.2 Å². The van der Waals surface area contributed by atoms with Gasteiger partial charge in [0.1, 0.15) is 11.8 Å². The number of hydrogen-bond donors (Lipinski definition) is 5. The molecule has 3 aromatic carbocycles. The van der Waals surface area contributed by atoms with Gasteiger partial charge in [-0.25, -0.2) is 0 Å². The molecule has 3 heterocycles. The molecule has 1 fully saturated rings. The maximum atomic E-state index is 13.4. The molecule has 2 aliphatic heterocycles. The van der Waals surface area contributed by atoms with Crippen molar-refractivity contribution in [2.24, 2.45) is 4.99 Å². The number of unbranched alkanes of at least 4 members (excludes halogenated alkanes) is 2. The number of fused-ring (bicyclic) bond motifs is 1. The number of carbonyl (C=O) groups is 5. The number of piperidine rings is 1. The van der Waals surface area contributed by atoms with Crippen LogP contribution in [0.15, 0.2) is 71.7 Å². The second kappa shape index (κ2) is 25.8. The Morgan fingerprint density at radius 1 is 0.940 bits per heavy atom. The average Bonchev–Trinajstić information content (AvgIpc) is 3.70. The van der Waals surface area contributed by atoms with E-state index in [4.69, 9.17) is 32.1 Å². The summed E-state index contributed by atoms with van der Waals surface area (Å²) in [5.41, 5.74) is 6.82. The van der Waals surface area contributed by atoms with E-state index in [1.54, 1.807) is 36.5 Å². The summed E-state index contributed by atoms with van der Waals surface area (Å²) in [4.78, 5) is 72.1. The predicted octanol–water partition coefficient (Wildman–Crippen LogP) is 10.8. The van der Waals surface area contributed by atoms with Crippen LogP contribution in [-0.4, -0.2) is 76.8 Å². The number of nitrogens with zero attached hydrogens (tertiary/aromatic N) is 2. The number of amides is 5. The van der Waals surface area contributed by atoms with Crippen LogP contribution in [-0.2, 0) is 14.4 Å². The lowest BCUT2D eigenvalue weighted by Crippen LogP contribution is -2.54. The fourth-order valence-electron chi connectivity index (χ4n) is 7.75. The molecule has 0 spiro atoms. The molecule has 13 nitrogen and oxygen atoms in total. The van der Waals surface area contributed by atoms with Crippen molar-refractivity contribution in [1.29, 1.82) is 10.8 Å². The molecule has 5 amide bonds. The van der Waals surface area contributed by atoms with Gasteiger partial charge in [-0.05, 0) is 121 Å².